The minimum Gasteiger partial charge on any atom is -0.494 e. The number of nitrogen functional groups attached to an aromatic ring is 1. The molecular formula is C29H37BrN2O3. The lowest BCUT2D eigenvalue weighted by molar-refractivity contribution is 0.101. The normalized spacial score (nSPS) is 10.4. The summed E-state index contributed by atoms with van der Waals surface area (Å²) in [4.78, 5) is 11.7. The monoisotopic (exact) mass is 540 g/mol. The van der Waals surface area contributed by atoms with E-state index in [0.717, 1.165) is 28.7 Å². The second-order valence-corrected chi connectivity index (χ2v) is 9.47. The van der Waals surface area contributed by atoms with Gasteiger partial charge in [0.2, 0.25) is 0 Å². The van der Waals surface area contributed by atoms with Gasteiger partial charge >= 0.3 is 0 Å². The molecule has 0 atom stereocenters. The lowest BCUT2D eigenvalue weighted by Gasteiger charge is -2.18. The third-order valence-electron chi connectivity index (χ3n) is 5.50. The molecule has 188 valence electrons. The van der Waals surface area contributed by atoms with Crippen molar-refractivity contribution in [3.63, 3.8) is 0 Å². The van der Waals surface area contributed by atoms with E-state index < -0.39 is 0 Å². The Morgan fingerprint density at radius 2 is 1.74 bits per heavy atom. The van der Waals surface area contributed by atoms with Crippen LogP contribution in [0.15, 0.2) is 59.1 Å². The van der Waals surface area contributed by atoms with Crippen molar-refractivity contribution in [1.29, 1.82) is 0 Å². The van der Waals surface area contributed by atoms with Gasteiger partial charge in [-0.1, -0.05) is 62.7 Å². The van der Waals surface area contributed by atoms with Gasteiger partial charge in [-0.25, -0.2) is 0 Å². The number of nitrogens with one attached hydrogen (secondary N) is 1. The highest BCUT2D eigenvalue weighted by atomic mass is 79.9. The Kier molecular flexibility index (Phi) is 11.1. The fourth-order valence-corrected chi connectivity index (χ4v) is 3.82. The van der Waals surface area contributed by atoms with Crippen LogP contribution in [0, 0.1) is 6.92 Å². The van der Waals surface area contributed by atoms with E-state index in [4.69, 9.17) is 15.2 Å². The van der Waals surface area contributed by atoms with E-state index in [-0.39, 0.29) is 12.4 Å². The van der Waals surface area contributed by atoms with Crippen molar-refractivity contribution in [3.8, 4) is 11.5 Å². The smallest absolute Gasteiger partial charge is 0.163 e. The Morgan fingerprint density at radius 1 is 1.09 bits per heavy atom. The SMILES string of the molecule is CCCNc1c(OC)cc(COc2ccccc2C(C)=O)c(Br)c1N.Cc1ccc(C(C)C)cc1. The predicted molar refractivity (Wildman–Crippen MR) is 150 cm³/mol. The van der Waals surface area contributed by atoms with Gasteiger partial charge in [0.15, 0.2) is 5.78 Å². The van der Waals surface area contributed by atoms with E-state index >= 15 is 0 Å². The molecule has 3 aromatic carbocycles. The summed E-state index contributed by atoms with van der Waals surface area (Å²) in [6, 6.07) is 17.8. The number of carbonyl (C=O) groups is 1. The lowest BCUT2D eigenvalue weighted by atomic mass is 10.0. The Hall–Kier alpha value is -2.99. The molecule has 0 saturated carbocycles. The van der Waals surface area contributed by atoms with Gasteiger partial charge in [0.25, 0.3) is 0 Å². The number of nitrogens with two attached hydrogens (primary N) is 1. The van der Waals surface area contributed by atoms with Crippen LogP contribution in [0.3, 0.4) is 0 Å². The van der Waals surface area contributed by atoms with E-state index in [2.05, 4.69) is 73.2 Å². The number of carbonyl (C=O) groups excluding carboxylic acids is 1. The predicted octanol–water partition coefficient (Wildman–Crippen LogP) is 7.76. The molecule has 0 radical (unpaired) electrons. The van der Waals surface area contributed by atoms with Crippen LogP contribution < -0.4 is 20.5 Å². The number of para-hydroxylation sites is 1. The van der Waals surface area contributed by atoms with Crippen molar-refractivity contribution in [2.24, 2.45) is 0 Å². The zero-order valence-electron chi connectivity index (χ0n) is 21.6. The number of ether oxygens (including phenoxy) is 2. The van der Waals surface area contributed by atoms with Crippen LogP contribution in [-0.4, -0.2) is 19.4 Å². The zero-order chi connectivity index (χ0) is 26.0. The molecule has 0 fully saturated rings. The molecule has 0 aliphatic heterocycles. The second-order valence-electron chi connectivity index (χ2n) is 8.67. The standard InChI is InChI=1S/C19H23BrN2O3.C10H14/c1-4-9-22-19-16(24-3)10-13(17(20)18(19)21)11-25-15-8-6-5-7-14(15)12(2)23;1-8(2)10-6-4-9(3)5-7-10/h5-8,10,22H,4,9,11,21H2,1-3H3;4-8H,1-3H3. The number of hydrogen-bond donors (Lipinski definition) is 2. The van der Waals surface area contributed by atoms with Crippen molar-refractivity contribution < 1.29 is 14.3 Å². The summed E-state index contributed by atoms with van der Waals surface area (Å²) in [7, 11) is 1.61. The van der Waals surface area contributed by atoms with Crippen molar-refractivity contribution in [2.75, 3.05) is 24.7 Å². The summed E-state index contributed by atoms with van der Waals surface area (Å²) in [6.45, 7) is 11.2. The van der Waals surface area contributed by atoms with Crippen LogP contribution in [0.2, 0.25) is 0 Å². The van der Waals surface area contributed by atoms with E-state index in [1.54, 1.807) is 19.2 Å². The Balaban J connectivity index is 0.000000360. The highest BCUT2D eigenvalue weighted by molar-refractivity contribution is 9.10. The maximum Gasteiger partial charge on any atom is 0.163 e. The van der Waals surface area contributed by atoms with Crippen LogP contribution in [0.5, 0.6) is 11.5 Å². The lowest BCUT2D eigenvalue weighted by Crippen LogP contribution is -2.08. The number of Topliss-reactive ketones (excluding diaryl/α,β-unsaturated/α-hetero) is 1. The topological polar surface area (TPSA) is 73.6 Å². The minimum atomic E-state index is -0.0362. The summed E-state index contributed by atoms with van der Waals surface area (Å²) in [5.41, 5.74) is 11.7. The molecule has 3 aromatic rings. The van der Waals surface area contributed by atoms with Gasteiger partial charge < -0.3 is 20.5 Å². The molecule has 6 heteroatoms. The Bertz CT molecular complexity index is 1110. The first-order valence-electron chi connectivity index (χ1n) is 11.9. The van der Waals surface area contributed by atoms with Crippen LogP contribution in [0.4, 0.5) is 11.4 Å². The molecular weight excluding hydrogens is 504 g/mol. The summed E-state index contributed by atoms with van der Waals surface area (Å²) < 4.78 is 12.1. The van der Waals surface area contributed by atoms with Crippen molar-refractivity contribution in [2.45, 2.75) is 53.6 Å². The second kappa shape index (κ2) is 13.8. The zero-order valence-corrected chi connectivity index (χ0v) is 23.2. The molecule has 0 amide bonds. The maximum atomic E-state index is 11.7. The average Bonchev–Trinajstić information content (AvgIpc) is 2.85. The van der Waals surface area contributed by atoms with Gasteiger partial charge in [0.1, 0.15) is 23.8 Å². The quantitative estimate of drug-likeness (QED) is 0.214. The van der Waals surface area contributed by atoms with Crippen molar-refractivity contribution >= 4 is 33.1 Å². The molecule has 0 saturated heterocycles. The van der Waals surface area contributed by atoms with Crippen LogP contribution >= 0.6 is 15.9 Å². The van der Waals surface area contributed by atoms with Gasteiger partial charge in [-0.05, 0) is 65.9 Å². The molecule has 0 heterocycles. The molecule has 3 rings (SSSR count). The molecule has 0 unspecified atom stereocenters. The van der Waals surface area contributed by atoms with Crippen molar-refractivity contribution in [1.82, 2.24) is 0 Å². The molecule has 35 heavy (non-hydrogen) atoms. The van der Waals surface area contributed by atoms with Crippen molar-refractivity contribution in [3.05, 3.63) is 81.3 Å². The average molecular weight is 542 g/mol. The van der Waals surface area contributed by atoms with Gasteiger partial charge in [-0.2, -0.15) is 0 Å². The number of halogens is 1. The number of aryl methyl sites for hydroxylation is 1. The number of hydrogen-bond acceptors (Lipinski definition) is 5. The Labute approximate surface area is 218 Å². The van der Waals surface area contributed by atoms with Gasteiger partial charge in [-0.3, -0.25) is 4.79 Å². The molecule has 0 bridgehead atoms. The number of methoxy groups -OCH3 is 1. The fraction of sp³-hybridized carbons (Fsp3) is 0.345. The van der Waals surface area contributed by atoms with Crippen LogP contribution in [0.25, 0.3) is 0 Å². The third-order valence-corrected chi connectivity index (χ3v) is 6.44. The third kappa shape index (κ3) is 8.03. The molecule has 5 nitrogen and oxygen atoms in total. The first-order valence-corrected chi connectivity index (χ1v) is 12.7. The van der Waals surface area contributed by atoms with Gasteiger partial charge in [0, 0.05) is 16.6 Å². The maximum absolute atomic E-state index is 11.7. The Morgan fingerprint density at radius 3 is 2.31 bits per heavy atom. The van der Waals surface area contributed by atoms with E-state index in [1.165, 1.54) is 18.1 Å². The molecule has 0 aromatic heterocycles. The van der Waals surface area contributed by atoms with Gasteiger partial charge in [-0.15, -0.1) is 0 Å². The summed E-state index contributed by atoms with van der Waals surface area (Å²) in [5.74, 6) is 1.83. The summed E-state index contributed by atoms with van der Waals surface area (Å²) in [6.07, 6.45) is 0.979. The number of ketones is 1. The number of rotatable bonds is 9. The molecule has 0 aliphatic rings. The summed E-state index contributed by atoms with van der Waals surface area (Å²) in [5, 5.41) is 3.28. The van der Waals surface area contributed by atoms with Gasteiger partial charge in [0.05, 0.1) is 18.4 Å². The highest BCUT2D eigenvalue weighted by Crippen LogP contribution is 2.39. The molecule has 0 aliphatic carbocycles. The van der Waals surface area contributed by atoms with E-state index in [9.17, 15) is 4.79 Å². The van der Waals surface area contributed by atoms with Crippen LogP contribution in [-0.2, 0) is 6.61 Å². The highest BCUT2D eigenvalue weighted by Gasteiger charge is 2.16. The fourth-order valence-electron chi connectivity index (χ4n) is 3.40. The first kappa shape index (κ1) is 28.2. The largest absolute Gasteiger partial charge is 0.494 e. The van der Waals surface area contributed by atoms with Crippen LogP contribution in [0.1, 0.15) is 67.1 Å². The molecule has 0 spiro atoms. The van der Waals surface area contributed by atoms with E-state index in [0.29, 0.717) is 28.7 Å². The molecule has 3 N–H and O–H groups in total. The minimum absolute atomic E-state index is 0.0362. The number of benzene rings is 3. The number of anilines is 2. The first-order chi connectivity index (χ1) is 16.7. The van der Waals surface area contributed by atoms with E-state index in [1.807, 2.05) is 18.2 Å². The summed E-state index contributed by atoms with van der Waals surface area (Å²) >= 11 is 3.54.